The molecule has 2 amide bonds. The molecule has 154 valence electrons. The van der Waals surface area contributed by atoms with Crippen LogP contribution in [0.25, 0.3) is 0 Å². The van der Waals surface area contributed by atoms with Crippen LogP contribution in [0.2, 0.25) is 0 Å². The van der Waals surface area contributed by atoms with Crippen LogP contribution >= 0.6 is 15.9 Å². The van der Waals surface area contributed by atoms with Crippen LogP contribution in [0.3, 0.4) is 0 Å². The summed E-state index contributed by atoms with van der Waals surface area (Å²) in [5, 5.41) is 6.71. The summed E-state index contributed by atoms with van der Waals surface area (Å²) in [6.07, 6.45) is 4.96. The molecule has 4 rings (SSSR count). The molecule has 0 saturated carbocycles. The average Bonchev–Trinajstić information content (AvgIpc) is 3.17. The number of pyridine rings is 1. The summed E-state index contributed by atoms with van der Waals surface area (Å²) in [5.74, 6) is -0.298. The molecule has 0 radical (unpaired) electrons. The number of fused-ring (bicyclic) bond motifs is 1. The number of carbonyl (C=O) groups is 2. The highest BCUT2D eigenvalue weighted by Crippen LogP contribution is 2.33. The molecule has 1 N–H and O–H groups in total. The molecule has 0 fully saturated rings. The molecule has 1 aliphatic heterocycles. The Morgan fingerprint density at radius 3 is 2.90 bits per heavy atom. The largest absolute Gasteiger partial charge is 0.489 e. The van der Waals surface area contributed by atoms with Crippen molar-refractivity contribution in [3.8, 4) is 5.75 Å². The van der Waals surface area contributed by atoms with Gasteiger partial charge in [-0.2, -0.15) is 14.2 Å². The van der Waals surface area contributed by atoms with Gasteiger partial charge in [0.15, 0.2) is 0 Å². The number of amides is 2. The third kappa shape index (κ3) is 4.18. The van der Waals surface area contributed by atoms with Gasteiger partial charge in [-0.3, -0.25) is 4.79 Å². The Bertz CT molecular complexity index is 1100. The number of nitrogens with one attached hydrogen (secondary N) is 1. The zero-order valence-electron chi connectivity index (χ0n) is 15.9. The van der Waals surface area contributed by atoms with Crippen molar-refractivity contribution < 1.29 is 18.7 Å². The van der Waals surface area contributed by atoms with Gasteiger partial charge in [0.2, 0.25) is 5.95 Å². The van der Waals surface area contributed by atoms with E-state index in [1.807, 2.05) is 6.07 Å². The number of nitrogens with zero attached hydrogens (tertiary/aromatic N) is 4. The maximum absolute atomic E-state index is 12.9. The minimum absolute atomic E-state index is 0.00107. The van der Waals surface area contributed by atoms with E-state index in [0.29, 0.717) is 17.9 Å². The van der Waals surface area contributed by atoms with E-state index in [1.54, 1.807) is 31.4 Å². The van der Waals surface area contributed by atoms with Crippen LogP contribution < -0.4 is 15.0 Å². The maximum atomic E-state index is 12.9. The summed E-state index contributed by atoms with van der Waals surface area (Å²) >= 11 is 3.38. The zero-order chi connectivity index (χ0) is 21.3. The molecule has 1 aromatic carbocycles. The number of hydrogen-bond acceptors (Lipinski definition) is 5. The second-order valence-corrected chi connectivity index (χ2v) is 7.70. The predicted octanol–water partition coefficient (Wildman–Crippen LogP) is 2.75. The fourth-order valence-electron chi connectivity index (χ4n) is 3.10. The maximum Gasteiger partial charge on any atom is 0.342 e. The van der Waals surface area contributed by atoms with E-state index in [-0.39, 0.29) is 12.5 Å². The number of aromatic nitrogens is 3. The molecule has 0 aliphatic carbocycles. The number of carbonyl (C=O) groups excluding carboxylic acids is 2. The van der Waals surface area contributed by atoms with Gasteiger partial charge in [0.1, 0.15) is 18.4 Å². The van der Waals surface area contributed by atoms with Gasteiger partial charge in [0, 0.05) is 30.3 Å². The highest BCUT2D eigenvalue weighted by atomic mass is 79.9. The van der Waals surface area contributed by atoms with Gasteiger partial charge in [0.25, 0.3) is 5.91 Å². The molecule has 1 aliphatic rings. The highest BCUT2D eigenvalue weighted by molar-refractivity contribution is 9.10. The summed E-state index contributed by atoms with van der Waals surface area (Å²) in [6.45, 7) is -0.00107. The topological polar surface area (TPSA) is 89.4 Å². The second-order valence-electron chi connectivity index (χ2n) is 6.78. The summed E-state index contributed by atoms with van der Waals surface area (Å²) in [4.78, 5) is 30.5. The molecule has 0 saturated heterocycles. The molecule has 2 aromatic heterocycles. The predicted molar refractivity (Wildman–Crippen MR) is 110 cm³/mol. The van der Waals surface area contributed by atoms with Crippen LogP contribution in [0, 0.1) is 5.95 Å². The van der Waals surface area contributed by atoms with E-state index >= 15 is 0 Å². The highest BCUT2D eigenvalue weighted by Gasteiger charge is 2.31. The van der Waals surface area contributed by atoms with Gasteiger partial charge in [-0.05, 0) is 35.4 Å². The van der Waals surface area contributed by atoms with Crippen LogP contribution in [-0.4, -0.2) is 46.4 Å². The minimum atomic E-state index is -0.873. The van der Waals surface area contributed by atoms with Crippen molar-refractivity contribution in [1.29, 1.82) is 0 Å². The van der Waals surface area contributed by atoms with Gasteiger partial charge in [-0.25, -0.2) is 9.78 Å². The first-order valence-corrected chi connectivity index (χ1v) is 9.85. The molecule has 1 atom stereocenters. The van der Waals surface area contributed by atoms with Crippen LogP contribution in [0.5, 0.6) is 5.75 Å². The molecule has 3 heterocycles. The molecule has 0 bridgehead atoms. The number of anilines is 1. The molecular weight excluding hydrogens is 457 g/mol. The lowest BCUT2D eigenvalue weighted by molar-refractivity contribution is -0.120. The van der Waals surface area contributed by atoms with Gasteiger partial charge >= 0.3 is 6.03 Å². The standard InChI is InChI=1S/C20H17BrFN5O3/c1-26-16-7-14(21)3-4-17(16)30-11-15(19(26)28)25-20(29)27-10-13(9-24-27)6-12-2-5-18(22)23-8-12/h2-5,7-10,15H,6,11H2,1H3,(H,25,29). The lowest BCUT2D eigenvalue weighted by Crippen LogP contribution is -2.50. The molecule has 10 heteroatoms. The fraction of sp³-hybridized carbons (Fsp3) is 0.200. The van der Waals surface area contributed by atoms with Gasteiger partial charge in [-0.1, -0.05) is 22.0 Å². The van der Waals surface area contributed by atoms with Crippen molar-refractivity contribution in [2.75, 3.05) is 18.6 Å². The van der Waals surface area contributed by atoms with Crippen LogP contribution in [0.4, 0.5) is 14.9 Å². The molecule has 3 aromatic rings. The smallest absolute Gasteiger partial charge is 0.342 e. The molecular formula is C20H17BrFN5O3. The van der Waals surface area contributed by atoms with Crippen LogP contribution in [0.15, 0.2) is 53.4 Å². The van der Waals surface area contributed by atoms with E-state index in [0.717, 1.165) is 20.3 Å². The Morgan fingerprint density at radius 2 is 2.13 bits per heavy atom. The third-order valence-corrected chi connectivity index (χ3v) is 5.15. The number of ether oxygens (including phenoxy) is 1. The average molecular weight is 474 g/mol. The van der Waals surface area contributed by atoms with Crippen molar-refractivity contribution in [3.05, 3.63) is 70.5 Å². The van der Waals surface area contributed by atoms with Crippen molar-refractivity contribution >= 4 is 33.6 Å². The Labute approximate surface area is 179 Å². The summed E-state index contributed by atoms with van der Waals surface area (Å²) in [6, 6.07) is 6.82. The first-order chi connectivity index (χ1) is 14.4. The molecule has 30 heavy (non-hydrogen) atoms. The molecule has 1 unspecified atom stereocenters. The quantitative estimate of drug-likeness (QED) is 0.590. The summed E-state index contributed by atoms with van der Waals surface area (Å²) in [7, 11) is 1.63. The van der Waals surface area contributed by atoms with E-state index in [2.05, 4.69) is 31.3 Å². The number of halogens is 2. The van der Waals surface area contributed by atoms with E-state index in [4.69, 9.17) is 4.74 Å². The summed E-state index contributed by atoms with van der Waals surface area (Å²) in [5.41, 5.74) is 2.14. The number of likely N-dealkylation sites (N-methyl/N-ethyl adjacent to an activating group) is 1. The first-order valence-electron chi connectivity index (χ1n) is 9.05. The van der Waals surface area contributed by atoms with E-state index in [9.17, 15) is 14.0 Å². The number of rotatable bonds is 3. The van der Waals surface area contributed by atoms with Crippen LogP contribution in [0.1, 0.15) is 11.1 Å². The van der Waals surface area contributed by atoms with E-state index < -0.39 is 18.0 Å². The Balaban J connectivity index is 1.44. The second kappa shape index (κ2) is 8.23. The van der Waals surface area contributed by atoms with E-state index in [1.165, 1.54) is 23.4 Å². The summed E-state index contributed by atoms with van der Waals surface area (Å²) < 4.78 is 20.6. The van der Waals surface area contributed by atoms with Gasteiger partial charge < -0.3 is 15.0 Å². The van der Waals surface area contributed by atoms with Crippen molar-refractivity contribution in [3.63, 3.8) is 0 Å². The molecule has 0 spiro atoms. The Morgan fingerprint density at radius 1 is 1.30 bits per heavy atom. The zero-order valence-corrected chi connectivity index (χ0v) is 17.5. The molecule has 8 nitrogen and oxygen atoms in total. The first kappa shape index (κ1) is 20.0. The van der Waals surface area contributed by atoms with Gasteiger partial charge in [0.05, 0.1) is 11.9 Å². The van der Waals surface area contributed by atoms with Crippen LogP contribution in [-0.2, 0) is 11.2 Å². The van der Waals surface area contributed by atoms with Crippen molar-refractivity contribution in [1.82, 2.24) is 20.1 Å². The third-order valence-electron chi connectivity index (χ3n) is 4.66. The minimum Gasteiger partial charge on any atom is -0.489 e. The fourth-order valence-corrected chi connectivity index (χ4v) is 3.45. The lowest BCUT2D eigenvalue weighted by atomic mass is 10.1. The van der Waals surface area contributed by atoms with Crippen molar-refractivity contribution in [2.45, 2.75) is 12.5 Å². The monoisotopic (exact) mass is 473 g/mol. The Hall–Kier alpha value is -3.27. The lowest BCUT2D eigenvalue weighted by Gasteiger charge is -2.20. The normalized spacial score (nSPS) is 15.9. The SMILES string of the molecule is CN1C(=O)C(NC(=O)n2cc(Cc3ccc(F)nc3)cn2)COc2ccc(Br)cc21. The number of hydrogen-bond donors (Lipinski definition) is 1. The Kier molecular flexibility index (Phi) is 5.49. The number of benzene rings is 1. The van der Waals surface area contributed by atoms with Crippen molar-refractivity contribution in [2.24, 2.45) is 0 Å². The van der Waals surface area contributed by atoms with Gasteiger partial charge in [-0.15, -0.1) is 0 Å².